The first-order chi connectivity index (χ1) is 9.16. The molecule has 0 bridgehead atoms. The first kappa shape index (κ1) is 11.9. The molecule has 3 heterocycles. The van der Waals surface area contributed by atoms with Gasteiger partial charge in [-0.05, 0) is 31.5 Å². The lowest BCUT2D eigenvalue weighted by atomic mass is 10.1. The molecule has 6 heteroatoms. The van der Waals surface area contributed by atoms with Crippen molar-refractivity contribution in [2.45, 2.75) is 13.8 Å². The minimum Gasteiger partial charge on any atom is -0.382 e. The molecule has 3 N–H and O–H groups in total. The first-order valence-corrected chi connectivity index (χ1v) is 6.67. The molecular weight excluding hydrogens is 258 g/mol. The van der Waals surface area contributed by atoms with Gasteiger partial charge in [0.1, 0.15) is 0 Å². The minimum atomic E-state index is 0.492. The Hall–Kier alpha value is -2.21. The molecule has 3 aromatic rings. The van der Waals surface area contributed by atoms with E-state index >= 15 is 0 Å². The normalized spacial score (nSPS) is 10.8. The number of nitrogens with zero attached hydrogens (tertiary/aromatic N) is 3. The van der Waals surface area contributed by atoms with Crippen molar-refractivity contribution in [3.63, 3.8) is 0 Å². The van der Waals surface area contributed by atoms with Crippen LogP contribution in [0, 0.1) is 13.8 Å². The minimum absolute atomic E-state index is 0.492. The van der Waals surface area contributed by atoms with Gasteiger partial charge in [-0.3, -0.25) is 10.1 Å². The predicted molar refractivity (Wildman–Crippen MR) is 76.8 cm³/mol. The molecule has 3 rings (SSSR count). The van der Waals surface area contributed by atoms with Crippen molar-refractivity contribution in [2.75, 3.05) is 5.73 Å². The maximum Gasteiger partial charge on any atom is 0.153 e. The van der Waals surface area contributed by atoms with E-state index in [1.54, 1.807) is 23.7 Å². The van der Waals surface area contributed by atoms with Gasteiger partial charge in [0.25, 0.3) is 0 Å². The van der Waals surface area contributed by atoms with Gasteiger partial charge >= 0.3 is 0 Å². The zero-order valence-electron chi connectivity index (χ0n) is 10.6. The highest BCUT2D eigenvalue weighted by Gasteiger charge is 2.18. The molecule has 5 nitrogen and oxygen atoms in total. The van der Waals surface area contributed by atoms with Crippen LogP contribution in [0.3, 0.4) is 0 Å². The van der Waals surface area contributed by atoms with Crippen molar-refractivity contribution in [3.05, 3.63) is 35.2 Å². The van der Waals surface area contributed by atoms with Crippen LogP contribution in [0.4, 0.5) is 5.82 Å². The number of rotatable bonds is 2. The quantitative estimate of drug-likeness (QED) is 0.751. The van der Waals surface area contributed by atoms with Crippen molar-refractivity contribution in [3.8, 4) is 21.7 Å². The number of nitrogen functional groups attached to an aromatic ring is 1. The Kier molecular flexibility index (Phi) is 2.79. The molecule has 0 saturated heterocycles. The molecule has 0 spiro atoms. The third-order valence-corrected chi connectivity index (χ3v) is 3.98. The summed E-state index contributed by atoms with van der Waals surface area (Å²) >= 11 is 1.64. The van der Waals surface area contributed by atoms with Crippen LogP contribution in [0.15, 0.2) is 24.5 Å². The number of nitrogens with two attached hydrogens (primary N) is 1. The smallest absolute Gasteiger partial charge is 0.153 e. The van der Waals surface area contributed by atoms with Gasteiger partial charge in [0, 0.05) is 12.4 Å². The number of hydrogen-bond donors (Lipinski definition) is 2. The van der Waals surface area contributed by atoms with Gasteiger partial charge in [-0.15, -0.1) is 11.3 Å². The van der Waals surface area contributed by atoms with E-state index in [1.807, 2.05) is 26.0 Å². The predicted octanol–water partition coefficient (Wildman–Crippen LogP) is 2.79. The zero-order valence-corrected chi connectivity index (χ0v) is 11.5. The third kappa shape index (κ3) is 2.00. The van der Waals surface area contributed by atoms with Crippen molar-refractivity contribution in [1.29, 1.82) is 0 Å². The molecule has 0 aliphatic carbocycles. The van der Waals surface area contributed by atoms with E-state index in [0.29, 0.717) is 5.82 Å². The summed E-state index contributed by atoms with van der Waals surface area (Å²) in [5.74, 6) is 0.492. The molecule has 0 aliphatic rings. The van der Waals surface area contributed by atoms with E-state index < -0.39 is 0 Å². The fraction of sp³-hybridized carbons (Fsp3) is 0.154. The Morgan fingerprint density at radius 2 is 1.95 bits per heavy atom. The lowest BCUT2D eigenvalue weighted by Crippen LogP contribution is -1.89. The van der Waals surface area contributed by atoms with Crippen molar-refractivity contribution < 1.29 is 0 Å². The summed E-state index contributed by atoms with van der Waals surface area (Å²) in [5, 5.41) is 8.18. The Labute approximate surface area is 114 Å². The van der Waals surface area contributed by atoms with Gasteiger partial charge in [0.15, 0.2) is 5.82 Å². The van der Waals surface area contributed by atoms with Crippen LogP contribution < -0.4 is 5.73 Å². The summed E-state index contributed by atoms with van der Waals surface area (Å²) in [7, 11) is 0. The van der Waals surface area contributed by atoms with Gasteiger partial charge in [0.2, 0.25) is 0 Å². The largest absolute Gasteiger partial charge is 0.382 e. The SMILES string of the molecule is Cc1nc(C)c(-c2[nH]nc(N)c2-c2ccncc2)s1. The molecule has 96 valence electrons. The summed E-state index contributed by atoms with van der Waals surface area (Å²) in [6, 6.07) is 3.85. The van der Waals surface area contributed by atoms with Gasteiger partial charge in [-0.25, -0.2) is 4.98 Å². The van der Waals surface area contributed by atoms with Crippen molar-refractivity contribution in [1.82, 2.24) is 20.2 Å². The Morgan fingerprint density at radius 1 is 1.21 bits per heavy atom. The van der Waals surface area contributed by atoms with Crippen molar-refractivity contribution >= 4 is 17.2 Å². The standard InChI is InChI=1S/C13H13N5S/c1-7-12(19-8(2)16-7)11-10(13(14)18-17-11)9-3-5-15-6-4-9/h3-6H,1-2H3,(H3,14,17,18). The van der Waals surface area contributed by atoms with Crippen LogP contribution in [0.25, 0.3) is 21.7 Å². The van der Waals surface area contributed by atoms with Crippen LogP contribution >= 0.6 is 11.3 Å². The van der Waals surface area contributed by atoms with Crippen LogP contribution in [-0.2, 0) is 0 Å². The highest BCUT2D eigenvalue weighted by Crippen LogP contribution is 2.38. The Balaban J connectivity index is 2.22. The molecule has 19 heavy (non-hydrogen) atoms. The second-order valence-corrected chi connectivity index (χ2v) is 5.45. The average molecular weight is 271 g/mol. The number of thiazole rings is 1. The number of anilines is 1. The topological polar surface area (TPSA) is 80.5 Å². The van der Waals surface area contributed by atoms with E-state index in [4.69, 9.17) is 5.73 Å². The Bertz CT molecular complexity index is 714. The summed E-state index contributed by atoms with van der Waals surface area (Å²) in [6.07, 6.45) is 3.49. The summed E-state index contributed by atoms with van der Waals surface area (Å²) in [5.41, 5.74) is 9.81. The number of aromatic amines is 1. The molecule has 0 fully saturated rings. The highest BCUT2D eigenvalue weighted by molar-refractivity contribution is 7.15. The van der Waals surface area contributed by atoms with E-state index in [9.17, 15) is 0 Å². The van der Waals surface area contributed by atoms with E-state index in [0.717, 1.165) is 32.4 Å². The van der Waals surface area contributed by atoms with Crippen molar-refractivity contribution in [2.24, 2.45) is 0 Å². The summed E-state index contributed by atoms with van der Waals surface area (Å²) in [6.45, 7) is 3.99. The fourth-order valence-electron chi connectivity index (χ4n) is 2.09. The lowest BCUT2D eigenvalue weighted by Gasteiger charge is -2.02. The number of nitrogens with one attached hydrogen (secondary N) is 1. The summed E-state index contributed by atoms with van der Waals surface area (Å²) < 4.78 is 0. The maximum absolute atomic E-state index is 5.99. The van der Waals surface area contributed by atoms with E-state index in [1.165, 1.54) is 0 Å². The second-order valence-electron chi connectivity index (χ2n) is 4.24. The molecule has 3 aromatic heterocycles. The zero-order chi connectivity index (χ0) is 13.4. The summed E-state index contributed by atoms with van der Waals surface area (Å²) in [4.78, 5) is 9.55. The van der Waals surface area contributed by atoms with Gasteiger partial charge in [-0.2, -0.15) is 5.10 Å². The van der Waals surface area contributed by atoms with Crippen LogP contribution in [-0.4, -0.2) is 20.2 Å². The van der Waals surface area contributed by atoms with Crippen LogP contribution in [0.5, 0.6) is 0 Å². The fourth-order valence-corrected chi connectivity index (χ4v) is 3.02. The first-order valence-electron chi connectivity index (χ1n) is 5.85. The number of aryl methyl sites for hydroxylation is 2. The number of hydrogen-bond acceptors (Lipinski definition) is 5. The third-order valence-electron chi connectivity index (χ3n) is 2.89. The van der Waals surface area contributed by atoms with Gasteiger partial charge < -0.3 is 5.73 Å². The Morgan fingerprint density at radius 3 is 2.58 bits per heavy atom. The monoisotopic (exact) mass is 271 g/mol. The molecule has 0 atom stereocenters. The number of pyridine rings is 1. The van der Waals surface area contributed by atoms with E-state index in [-0.39, 0.29) is 0 Å². The van der Waals surface area contributed by atoms with Gasteiger partial charge in [-0.1, -0.05) is 0 Å². The molecule has 0 saturated carbocycles. The molecule has 0 radical (unpaired) electrons. The molecule has 0 aliphatic heterocycles. The molecule has 0 amide bonds. The molecule has 0 aromatic carbocycles. The van der Waals surface area contributed by atoms with Crippen LogP contribution in [0.1, 0.15) is 10.7 Å². The molecule has 0 unspecified atom stereocenters. The van der Waals surface area contributed by atoms with Gasteiger partial charge in [0.05, 0.1) is 26.8 Å². The highest BCUT2D eigenvalue weighted by atomic mass is 32.1. The molecular formula is C13H13N5S. The van der Waals surface area contributed by atoms with E-state index in [2.05, 4.69) is 20.2 Å². The lowest BCUT2D eigenvalue weighted by molar-refractivity contribution is 1.10. The average Bonchev–Trinajstić information content (AvgIpc) is 2.93. The van der Waals surface area contributed by atoms with Crippen LogP contribution in [0.2, 0.25) is 0 Å². The second kappa shape index (κ2) is 4.47. The maximum atomic E-state index is 5.99. The number of H-pyrrole nitrogens is 1. The number of aromatic nitrogens is 4.